The number of carbonyl (C=O) groups excluding carboxylic acids is 1. The molecule has 1 aliphatic rings. The van der Waals surface area contributed by atoms with Crippen molar-refractivity contribution in [2.24, 2.45) is 0 Å². The van der Waals surface area contributed by atoms with Crippen molar-refractivity contribution < 1.29 is 27.8 Å². The summed E-state index contributed by atoms with van der Waals surface area (Å²) in [5, 5.41) is 12.3. The average Bonchev–Trinajstić information content (AvgIpc) is 2.69. The Morgan fingerprint density at radius 2 is 1.85 bits per heavy atom. The van der Waals surface area contributed by atoms with Gasteiger partial charge in [-0.05, 0) is 23.8 Å². The normalized spacial score (nSPS) is 15.3. The maximum absolute atomic E-state index is 12.7. The van der Waals surface area contributed by atoms with Crippen molar-refractivity contribution in [3.8, 4) is 5.75 Å². The van der Waals surface area contributed by atoms with E-state index < -0.39 is 16.1 Å². The molecule has 3 rings (SSSR count). The van der Waals surface area contributed by atoms with E-state index in [4.69, 9.17) is 9.47 Å². The molecule has 9 heteroatoms. The molecule has 0 unspecified atom stereocenters. The number of rotatable bonds is 5. The SMILES string of the molecule is O=C(Nc1cc(S(=O)(=O)N2CCOCC2)ccc1O)OCc1ccccc1. The Bertz CT molecular complexity index is 895. The molecule has 144 valence electrons. The molecule has 1 amide bonds. The zero-order valence-electron chi connectivity index (χ0n) is 14.5. The predicted molar refractivity (Wildman–Crippen MR) is 97.9 cm³/mol. The van der Waals surface area contributed by atoms with Crippen LogP contribution in [0.5, 0.6) is 5.75 Å². The highest BCUT2D eigenvalue weighted by molar-refractivity contribution is 7.89. The number of benzene rings is 2. The molecule has 0 aromatic heterocycles. The van der Waals surface area contributed by atoms with Gasteiger partial charge in [0.25, 0.3) is 0 Å². The smallest absolute Gasteiger partial charge is 0.412 e. The Balaban J connectivity index is 1.70. The van der Waals surface area contributed by atoms with Crippen molar-refractivity contribution in [2.45, 2.75) is 11.5 Å². The topological polar surface area (TPSA) is 105 Å². The number of phenols is 1. The first-order valence-corrected chi connectivity index (χ1v) is 9.79. The zero-order chi connectivity index (χ0) is 19.3. The van der Waals surface area contributed by atoms with E-state index >= 15 is 0 Å². The van der Waals surface area contributed by atoms with Crippen molar-refractivity contribution >= 4 is 21.8 Å². The number of hydrogen-bond donors (Lipinski definition) is 2. The summed E-state index contributed by atoms with van der Waals surface area (Å²) < 4.78 is 37.0. The van der Waals surface area contributed by atoms with E-state index in [1.165, 1.54) is 22.5 Å². The molecule has 0 atom stereocenters. The van der Waals surface area contributed by atoms with E-state index in [2.05, 4.69) is 5.32 Å². The van der Waals surface area contributed by atoms with Crippen molar-refractivity contribution in [2.75, 3.05) is 31.6 Å². The molecule has 1 heterocycles. The first-order chi connectivity index (χ1) is 13.0. The number of carbonyl (C=O) groups is 1. The van der Waals surface area contributed by atoms with Crippen LogP contribution in [0.25, 0.3) is 0 Å². The number of amides is 1. The number of anilines is 1. The summed E-state index contributed by atoms with van der Waals surface area (Å²) in [6.45, 7) is 1.22. The van der Waals surface area contributed by atoms with Gasteiger partial charge in [0.05, 0.1) is 23.8 Å². The van der Waals surface area contributed by atoms with Crippen molar-refractivity contribution in [3.63, 3.8) is 0 Å². The molecule has 2 aromatic rings. The average molecular weight is 392 g/mol. The van der Waals surface area contributed by atoms with Crippen LogP contribution in [0.3, 0.4) is 0 Å². The highest BCUT2D eigenvalue weighted by Crippen LogP contribution is 2.28. The van der Waals surface area contributed by atoms with Crippen LogP contribution in [0, 0.1) is 0 Å². The van der Waals surface area contributed by atoms with E-state index in [1.807, 2.05) is 18.2 Å². The number of morpholine rings is 1. The summed E-state index contributed by atoms with van der Waals surface area (Å²) in [6.07, 6.45) is -0.796. The Labute approximate surface area is 157 Å². The van der Waals surface area contributed by atoms with Gasteiger partial charge in [-0.1, -0.05) is 30.3 Å². The van der Waals surface area contributed by atoms with Crippen LogP contribution < -0.4 is 5.32 Å². The number of sulfonamides is 1. The van der Waals surface area contributed by atoms with E-state index in [1.54, 1.807) is 12.1 Å². The van der Waals surface area contributed by atoms with Crippen molar-refractivity contribution in [1.29, 1.82) is 0 Å². The minimum Gasteiger partial charge on any atom is -0.506 e. The molecule has 0 spiro atoms. The quantitative estimate of drug-likeness (QED) is 0.756. The molecule has 8 nitrogen and oxygen atoms in total. The van der Waals surface area contributed by atoms with Gasteiger partial charge in [-0.15, -0.1) is 0 Å². The standard InChI is InChI=1S/C18H20N2O6S/c21-17-7-6-15(27(23,24)20-8-10-25-11-9-20)12-16(17)19-18(22)26-13-14-4-2-1-3-5-14/h1-7,12,21H,8-11,13H2,(H,19,22). The second-order valence-corrected chi connectivity index (χ2v) is 7.82. The van der Waals surface area contributed by atoms with Gasteiger partial charge in [0.15, 0.2) is 0 Å². The van der Waals surface area contributed by atoms with Crippen LogP contribution in [0.2, 0.25) is 0 Å². The molecule has 0 radical (unpaired) electrons. The summed E-state index contributed by atoms with van der Waals surface area (Å²) in [5.74, 6) is -0.257. The van der Waals surface area contributed by atoms with Crippen molar-refractivity contribution in [3.05, 3.63) is 54.1 Å². The molecule has 2 N–H and O–H groups in total. The van der Waals surface area contributed by atoms with Gasteiger partial charge in [-0.25, -0.2) is 13.2 Å². The fraction of sp³-hybridized carbons (Fsp3) is 0.278. The Morgan fingerprint density at radius 3 is 2.56 bits per heavy atom. The van der Waals surface area contributed by atoms with Gasteiger partial charge in [0.2, 0.25) is 10.0 Å². The monoisotopic (exact) mass is 392 g/mol. The molecule has 0 aliphatic carbocycles. The van der Waals surface area contributed by atoms with Crippen LogP contribution in [0.4, 0.5) is 10.5 Å². The Hall–Kier alpha value is -2.62. The number of ether oxygens (including phenoxy) is 2. The first-order valence-electron chi connectivity index (χ1n) is 8.35. The van der Waals surface area contributed by atoms with Gasteiger partial charge >= 0.3 is 6.09 Å². The van der Waals surface area contributed by atoms with E-state index in [9.17, 15) is 18.3 Å². The highest BCUT2D eigenvalue weighted by atomic mass is 32.2. The molecule has 0 bridgehead atoms. The molecule has 0 saturated carbocycles. The van der Waals surface area contributed by atoms with Gasteiger partial charge < -0.3 is 14.6 Å². The Kier molecular flexibility index (Phi) is 5.94. The van der Waals surface area contributed by atoms with E-state index in [0.717, 1.165) is 5.56 Å². The third-order valence-electron chi connectivity index (χ3n) is 4.03. The molecule has 2 aromatic carbocycles. The third kappa shape index (κ3) is 4.76. The van der Waals surface area contributed by atoms with Crippen molar-refractivity contribution in [1.82, 2.24) is 4.31 Å². The second kappa shape index (κ2) is 8.38. The molecular weight excluding hydrogens is 372 g/mol. The second-order valence-electron chi connectivity index (χ2n) is 5.88. The van der Waals surface area contributed by atoms with Gasteiger partial charge in [-0.3, -0.25) is 5.32 Å². The van der Waals surface area contributed by atoms with Crippen LogP contribution in [-0.2, 0) is 26.1 Å². The maximum atomic E-state index is 12.7. The van der Waals surface area contributed by atoms with E-state index in [0.29, 0.717) is 13.2 Å². The molecule has 1 aliphatic heterocycles. The minimum atomic E-state index is -3.74. The van der Waals surface area contributed by atoms with Gasteiger partial charge in [-0.2, -0.15) is 4.31 Å². The number of hydrogen-bond acceptors (Lipinski definition) is 6. The van der Waals surface area contributed by atoms with Gasteiger partial charge in [0.1, 0.15) is 12.4 Å². The molecular formula is C18H20N2O6S. The fourth-order valence-corrected chi connectivity index (χ4v) is 4.02. The Morgan fingerprint density at radius 1 is 1.15 bits per heavy atom. The third-order valence-corrected chi connectivity index (χ3v) is 5.92. The van der Waals surface area contributed by atoms with Crippen LogP contribution in [0.15, 0.2) is 53.4 Å². The summed E-state index contributed by atoms with van der Waals surface area (Å²) >= 11 is 0. The number of phenolic OH excluding ortho intramolecular Hbond substituents is 1. The summed E-state index contributed by atoms with van der Waals surface area (Å²) in [4.78, 5) is 12.0. The minimum absolute atomic E-state index is 0.0273. The number of nitrogens with one attached hydrogen (secondary N) is 1. The zero-order valence-corrected chi connectivity index (χ0v) is 15.3. The largest absolute Gasteiger partial charge is 0.506 e. The lowest BCUT2D eigenvalue weighted by Crippen LogP contribution is -2.40. The lowest BCUT2D eigenvalue weighted by molar-refractivity contribution is 0.0730. The maximum Gasteiger partial charge on any atom is 0.412 e. The highest BCUT2D eigenvalue weighted by Gasteiger charge is 2.27. The fourth-order valence-electron chi connectivity index (χ4n) is 2.58. The molecule has 27 heavy (non-hydrogen) atoms. The lowest BCUT2D eigenvalue weighted by Gasteiger charge is -2.26. The summed E-state index contributed by atoms with van der Waals surface area (Å²) in [7, 11) is -3.74. The molecule has 1 saturated heterocycles. The summed E-state index contributed by atoms with van der Waals surface area (Å²) in [5.41, 5.74) is 0.767. The van der Waals surface area contributed by atoms with Crippen LogP contribution >= 0.6 is 0 Å². The summed E-state index contributed by atoms with van der Waals surface area (Å²) in [6, 6.07) is 12.8. The van der Waals surface area contributed by atoms with Crippen LogP contribution in [0.1, 0.15) is 5.56 Å². The number of aromatic hydroxyl groups is 1. The molecule has 1 fully saturated rings. The number of nitrogens with zero attached hydrogens (tertiary/aromatic N) is 1. The first kappa shape index (κ1) is 19.2. The lowest BCUT2D eigenvalue weighted by atomic mass is 10.2. The van der Waals surface area contributed by atoms with Gasteiger partial charge in [0, 0.05) is 13.1 Å². The van der Waals surface area contributed by atoms with E-state index in [-0.39, 0.29) is 36.0 Å². The predicted octanol–water partition coefficient (Wildman–Crippen LogP) is 2.16. The van der Waals surface area contributed by atoms with Crippen LogP contribution in [-0.4, -0.2) is 50.2 Å².